The summed E-state index contributed by atoms with van der Waals surface area (Å²) in [7, 11) is 0. The molecule has 0 aromatic heterocycles. The fourth-order valence-corrected chi connectivity index (χ4v) is 6.28. The Morgan fingerprint density at radius 3 is 2.44 bits per heavy atom. The maximum atomic E-state index is 13.6. The predicted octanol–water partition coefficient (Wildman–Crippen LogP) is -1.16. The summed E-state index contributed by atoms with van der Waals surface area (Å²) in [6, 6.07) is 2.68. The summed E-state index contributed by atoms with van der Waals surface area (Å²) in [5, 5.41) is 21.7. The summed E-state index contributed by atoms with van der Waals surface area (Å²) in [6.45, 7) is 2.27. The lowest BCUT2D eigenvalue weighted by Crippen LogP contribution is -2.68. The second-order valence-corrected chi connectivity index (χ2v) is 10.0. The van der Waals surface area contributed by atoms with Gasteiger partial charge in [-0.05, 0) is 36.5 Å². The van der Waals surface area contributed by atoms with Crippen LogP contribution in [0.3, 0.4) is 0 Å². The average molecular weight is 498 g/mol. The maximum absolute atomic E-state index is 13.6. The van der Waals surface area contributed by atoms with E-state index in [1.54, 1.807) is 0 Å². The van der Waals surface area contributed by atoms with Crippen LogP contribution < -0.4 is 5.73 Å². The lowest BCUT2D eigenvalue weighted by atomic mass is 9.53. The third kappa shape index (κ3) is 3.53. The first-order valence-electron chi connectivity index (χ1n) is 11.9. The van der Waals surface area contributed by atoms with Crippen molar-refractivity contribution in [2.45, 2.75) is 24.9 Å². The summed E-state index contributed by atoms with van der Waals surface area (Å²) in [5.41, 5.74) is 2.90. The molecule has 4 N–H and O–H groups in total. The number of nitrogens with two attached hydrogens (primary N) is 1. The number of phenols is 1. The molecular weight excluding hydrogens is 472 g/mol. The molecule has 0 spiro atoms. The van der Waals surface area contributed by atoms with Gasteiger partial charge in [0.2, 0.25) is 5.91 Å². The van der Waals surface area contributed by atoms with Crippen molar-refractivity contribution in [2.24, 2.45) is 29.4 Å². The summed E-state index contributed by atoms with van der Waals surface area (Å²) in [6.07, 6.45) is -0.354. The van der Waals surface area contributed by atoms with Crippen LogP contribution in [0.2, 0.25) is 0 Å². The minimum atomic E-state index is -2.69. The number of aliphatic hydroxyl groups is 1. The molecule has 11 heteroatoms. The number of Topliss-reactive ketones (excluding diaryl/α,β-unsaturated/α-hetero) is 5. The summed E-state index contributed by atoms with van der Waals surface area (Å²) >= 11 is 0. The van der Waals surface area contributed by atoms with E-state index in [4.69, 9.17) is 10.5 Å². The number of primary amides is 1. The molecule has 11 nitrogen and oxygen atoms in total. The number of aromatic hydroxyl groups is 1. The van der Waals surface area contributed by atoms with Gasteiger partial charge in [0.1, 0.15) is 5.75 Å². The standard InChI is InChI=1S/C25H26N2O9/c26-24(34)20-16(29)9-12-7-11-8-14-13(17(30)10-27-3-5-36-6-4-27)1-2-15(28)19(14)21(31)18(11)22(32)25(12,35)23(20)33/h1-2,11-12,18,20,28,35H,3-10H2,(H2,26,34)/t11-,12+,18?,20?,25+/m1/s1. The first-order valence-corrected chi connectivity index (χ1v) is 11.9. The molecule has 1 saturated heterocycles. The molecule has 0 radical (unpaired) electrons. The number of morpholine rings is 1. The Labute approximate surface area is 205 Å². The van der Waals surface area contributed by atoms with Crippen molar-refractivity contribution < 1.29 is 43.7 Å². The van der Waals surface area contributed by atoms with Gasteiger partial charge in [0, 0.05) is 31.0 Å². The zero-order valence-corrected chi connectivity index (χ0v) is 19.4. The van der Waals surface area contributed by atoms with Crippen LogP contribution in [0, 0.1) is 23.7 Å². The number of ketones is 5. The lowest BCUT2D eigenvalue weighted by Gasteiger charge is -2.48. The SMILES string of the molecule is NC(=O)C1C(=O)C[C@@H]2C[C@@H]3Cc4c(C(=O)CN5CCOCC5)ccc(O)c4C(=O)C3C(=O)[C@]2(O)C1=O. The van der Waals surface area contributed by atoms with E-state index in [0.29, 0.717) is 31.9 Å². The number of benzene rings is 1. The van der Waals surface area contributed by atoms with Crippen LogP contribution in [-0.2, 0) is 30.3 Å². The average Bonchev–Trinajstić information content (AvgIpc) is 2.82. The molecule has 190 valence electrons. The van der Waals surface area contributed by atoms with Crippen molar-refractivity contribution >= 4 is 34.8 Å². The van der Waals surface area contributed by atoms with Crippen molar-refractivity contribution in [3.63, 3.8) is 0 Å². The first kappa shape index (κ1) is 24.4. The molecule has 1 aromatic carbocycles. The Morgan fingerprint density at radius 2 is 1.78 bits per heavy atom. The predicted molar refractivity (Wildman–Crippen MR) is 120 cm³/mol. The number of nitrogens with zero attached hydrogens (tertiary/aromatic N) is 1. The van der Waals surface area contributed by atoms with E-state index in [1.165, 1.54) is 12.1 Å². The van der Waals surface area contributed by atoms with Crippen molar-refractivity contribution in [3.05, 3.63) is 28.8 Å². The van der Waals surface area contributed by atoms with Gasteiger partial charge in [-0.2, -0.15) is 0 Å². The van der Waals surface area contributed by atoms with Gasteiger partial charge in [-0.3, -0.25) is 33.7 Å². The summed E-state index contributed by atoms with van der Waals surface area (Å²) in [4.78, 5) is 79.3. The number of hydrogen-bond acceptors (Lipinski definition) is 10. The van der Waals surface area contributed by atoms with E-state index in [2.05, 4.69) is 0 Å². The molecule has 3 aliphatic carbocycles. The van der Waals surface area contributed by atoms with Gasteiger partial charge >= 0.3 is 0 Å². The smallest absolute Gasteiger partial charge is 0.235 e. The van der Waals surface area contributed by atoms with Gasteiger partial charge in [0.15, 0.2) is 40.4 Å². The Kier molecular flexibility index (Phi) is 5.89. The summed E-state index contributed by atoms with van der Waals surface area (Å²) < 4.78 is 5.31. The van der Waals surface area contributed by atoms with Crippen LogP contribution in [-0.4, -0.2) is 88.4 Å². The van der Waals surface area contributed by atoms with Gasteiger partial charge in [0.25, 0.3) is 0 Å². The van der Waals surface area contributed by atoms with Gasteiger partial charge in [-0.15, -0.1) is 0 Å². The van der Waals surface area contributed by atoms with Crippen molar-refractivity contribution in [1.82, 2.24) is 4.90 Å². The van der Waals surface area contributed by atoms with Gasteiger partial charge in [-0.25, -0.2) is 0 Å². The molecule has 0 bridgehead atoms. The molecule has 2 unspecified atom stereocenters. The van der Waals surface area contributed by atoms with E-state index >= 15 is 0 Å². The molecule has 1 heterocycles. The number of carbonyl (C=O) groups excluding carboxylic acids is 6. The highest BCUT2D eigenvalue weighted by molar-refractivity contribution is 6.31. The minimum absolute atomic E-state index is 0.0200. The van der Waals surface area contributed by atoms with Gasteiger partial charge in [-0.1, -0.05) is 0 Å². The van der Waals surface area contributed by atoms with E-state index in [0.717, 1.165) is 0 Å². The second kappa shape index (κ2) is 8.68. The fraction of sp³-hybridized carbons (Fsp3) is 0.520. The van der Waals surface area contributed by atoms with Crippen LogP contribution >= 0.6 is 0 Å². The molecule has 36 heavy (non-hydrogen) atoms. The zero-order valence-electron chi connectivity index (χ0n) is 19.4. The molecule has 2 saturated carbocycles. The van der Waals surface area contributed by atoms with Crippen molar-refractivity contribution in [1.29, 1.82) is 0 Å². The van der Waals surface area contributed by atoms with Crippen LogP contribution in [0.1, 0.15) is 39.1 Å². The third-order valence-electron chi connectivity index (χ3n) is 8.06. The quantitative estimate of drug-likeness (QED) is 0.338. The topological polar surface area (TPSA) is 181 Å². The lowest BCUT2D eigenvalue weighted by molar-refractivity contribution is -0.175. The Morgan fingerprint density at radius 1 is 1.08 bits per heavy atom. The fourth-order valence-electron chi connectivity index (χ4n) is 6.28. The molecule has 5 rings (SSSR count). The number of phenolic OH excluding ortho intramolecular Hbond substituents is 1. The van der Waals surface area contributed by atoms with Crippen LogP contribution in [0.5, 0.6) is 5.75 Å². The largest absolute Gasteiger partial charge is 0.507 e. The highest BCUT2D eigenvalue weighted by Crippen LogP contribution is 2.50. The molecule has 4 aliphatic rings. The van der Waals surface area contributed by atoms with Crippen LogP contribution in [0.25, 0.3) is 0 Å². The number of amides is 1. The third-order valence-corrected chi connectivity index (χ3v) is 8.06. The summed E-state index contributed by atoms with van der Waals surface area (Å²) in [5.74, 6) is -11.1. The number of hydrogen-bond donors (Lipinski definition) is 3. The molecule has 1 aromatic rings. The molecule has 5 atom stereocenters. The number of rotatable bonds is 4. The second-order valence-electron chi connectivity index (χ2n) is 10.0. The van der Waals surface area contributed by atoms with E-state index in [9.17, 15) is 39.0 Å². The van der Waals surface area contributed by atoms with Crippen LogP contribution in [0.15, 0.2) is 12.1 Å². The molecule has 3 fully saturated rings. The monoisotopic (exact) mass is 498 g/mol. The van der Waals surface area contributed by atoms with E-state index in [-0.39, 0.29) is 36.3 Å². The van der Waals surface area contributed by atoms with Crippen molar-refractivity contribution in [3.8, 4) is 5.75 Å². The minimum Gasteiger partial charge on any atom is -0.507 e. The zero-order chi connectivity index (χ0) is 25.9. The number of fused-ring (bicyclic) bond motifs is 3. The molecule has 1 amide bonds. The normalized spacial score (nSPS) is 32.5. The Balaban J connectivity index is 1.51. The number of carbonyl (C=O) groups is 6. The Hall–Kier alpha value is -3.28. The highest BCUT2D eigenvalue weighted by Gasteiger charge is 2.66. The molecular formula is C25H26N2O9. The van der Waals surface area contributed by atoms with Gasteiger partial charge < -0.3 is 20.7 Å². The maximum Gasteiger partial charge on any atom is 0.235 e. The Bertz CT molecular complexity index is 1220. The van der Waals surface area contributed by atoms with E-state index in [1.807, 2.05) is 4.90 Å². The molecule has 1 aliphatic heterocycles. The van der Waals surface area contributed by atoms with Crippen LogP contribution in [0.4, 0.5) is 0 Å². The van der Waals surface area contributed by atoms with Crippen molar-refractivity contribution in [2.75, 3.05) is 32.8 Å². The van der Waals surface area contributed by atoms with E-state index < -0.39 is 70.5 Å². The first-order chi connectivity index (χ1) is 17.1. The highest BCUT2D eigenvalue weighted by atomic mass is 16.5. The number of ether oxygens (including phenoxy) is 1. The van der Waals surface area contributed by atoms with Gasteiger partial charge in [0.05, 0.1) is 31.2 Å².